The van der Waals surface area contributed by atoms with E-state index in [1.54, 1.807) is 12.1 Å². The maximum Gasteiger partial charge on any atom is 0.123 e. The molecular weight excluding hydrogens is 261 g/mol. The Balaban J connectivity index is 2.00. The van der Waals surface area contributed by atoms with Gasteiger partial charge >= 0.3 is 0 Å². The maximum atomic E-state index is 13.6. The lowest BCUT2D eigenvalue weighted by molar-refractivity contribution is 0.314. The zero-order valence-corrected chi connectivity index (χ0v) is 13.6. The summed E-state index contributed by atoms with van der Waals surface area (Å²) in [5.41, 5.74) is 2.35. The minimum atomic E-state index is -0.114. The highest BCUT2D eigenvalue weighted by atomic mass is 19.1. The molecule has 2 rings (SSSR count). The van der Waals surface area contributed by atoms with Crippen LogP contribution in [-0.4, -0.2) is 6.54 Å². The SMILES string of the molecule is CCCNC(CCC1CCCCC1)c1cc(F)ccc1C. The Morgan fingerprint density at radius 2 is 2.00 bits per heavy atom. The summed E-state index contributed by atoms with van der Waals surface area (Å²) in [5, 5.41) is 3.63. The van der Waals surface area contributed by atoms with Gasteiger partial charge in [0.05, 0.1) is 0 Å². The normalized spacial score (nSPS) is 17.9. The topological polar surface area (TPSA) is 12.0 Å². The summed E-state index contributed by atoms with van der Waals surface area (Å²) in [6.07, 6.45) is 10.5. The van der Waals surface area contributed by atoms with Gasteiger partial charge in [0.15, 0.2) is 0 Å². The Bertz CT molecular complexity index is 424. The summed E-state index contributed by atoms with van der Waals surface area (Å²) in [5.74, 6) is 0.773. The molecule has 0 saturated heterocycles. The van der Waals surface area contributed by atoms with Gasteiger partial charge in [0, 0.05) is 6.04 Å². The summed E-state index contributed by atoms with van der Waals surface area (Å²) >= 11 is 0. The number of halogens is 1. The van der Waals surface area contributed by atoms with Gasteiger partial charge in [0.2, 0.25) is 0 Å². The molecule has 1 aromatic rings. The summed E-state index contributed by atoms with van der Waals surface area (Å²) in [6.45, 7) is 5.28. The quantitative estimate of drug-likeness (QED) is 0.696. The Kier molecular flexibility index (Phi) is 6.69. The minimum absolute atomic E-state index is 0.114. The van der Waals surface area contributed by atoms with Crippen LogP contribution in [-0.2, 0) is 0 Å². The van der Waals surface area contributed by atoms with E-state index in [4.69, 9.17) is 0 Å². The van der Waals surface area contributed by atoms with Gasteiger partial charge < -0.3 is 5.32 Å². The fourth-order valence-corrected chi connectivity index (χ4v) is 3.55. The monoisotopic (exact) mass is 291 g/mol. The zero-order valence-electron chi connectivity index (χ0n) is 13.6. The Hall–Kier alpha value is -0.890. The molecule has 0 aromatic heterocycles. The first-order chi connectivity index (χ1) is 10.2. The first-order valence-electron chi connectivity index (χ1n) is 8.70. The average Bonchev–Trinajstić information content (AvgIpc) is 2.51. The third-order valence-corrected chi connectivity index (χ3v) is 4.85. The van der Waals surface area contributed by atoms with Crippen molar-refractivity contribution >= 4 is 0 Å². The molecule has 0 aliphatic heterocycles. The first-order valence-corrected chi connectivity index (χ1v) is 8.70. The van der Waals surface area contributed by atoms with Crippen molar-refractivity contribution in [2.75, 3.05) is 6.54 Å². The molecule has 1 N–H and O–H groups in total. The molecule has 1 atom stereocenters. The van der Waals surface area contributed by atoms with Crippen molar-refractivity contribution in [2.45, 2.75) is 71.3 Å². The molecule has 1 aromatic carbocycles. The average molecular weight is 291 g/mol. The van der Waals surface area contributed by atoms with Gasteiger partial charge in [-0.15, -0.1) is 0 Å². The van der Waals surface area contributed by atoms with Crippen LogP contribution in [0.5, 0.6) is 0 Å². The number of benzene rings is 1. The predicted molar refractivity (Wildman–Crippen MR) is 88.0 cm³/mol. The van der Waals surface area contributed by atoms with Crippen LogP contribution in [0, 0.1) is 18.7 Å². The lowest BCUT2D eigenvalue weighted by Gasteiger charge is -2.26. The van der Waals surface area contributed by atoms with Crippen LogP contribution in [0.1, 0.15) is 75.5 Å². The number of nitrogens with one attached hydrogen (secondary N) is 1. The molecule has 0 amide bonds. The largest absolute Gasteiger partial charge is 0.310 e. The van der Waals surface area contributed by atoms with Crippen LogP contribution >= 0.6 is 0 Å². The van der Waals surface area contributed by atoms with E-state index in [1.165, 1.54) is 44.1 Å². The predicted octanol–water partition coefficient (Wildman–Crippen LogP) is 5.54. The second-order valence-corrected chi connectivity index (χ2v) is 6.59. The lowest BCUT2D eigenvalue weighted by Crippen LogP contribution is -2.24. The Morgan fingerprint density at radius 1 is 1.24 bits per heavy atom. The molecule has 1 fully saturated rings. The fourth-order valence-electron chi connectivity index (χ4n) is 3.55. The van der Waals surface area contributed by atoms with Gasteiger partial charge in [0.25, 0.3) is 0 Å². The van der Waals surface area contributed by atoms with E-state index in [-0.39, 0.29) is 5.82 Å². The van der Waals surface area contributed by atoms with E-state index < -0.39 is 0 Å². The summed E-state index contributed by atoms with van der Waals surface area (Å²) in [7, 11) is 0. The van der Waals surface area contributed by atoms with Crippen molar-refractivity contribution in [3.63, 3.8) is 0 Å². The number of hydrogen-bond acceptors (Lipinski definition) is 1. The van der Waals surface area contributed by atoms with E-state index in [0.717, 1.165) is 30.9 Å². The van der Waals surface area contributed by atoms with Gasteiger partial charge in [-0.3, -0.25) is 0 Å². The molecule has 0 spiro atoms. The van der Waals surface area contributed by atoms with Crippen LogP contribution < -0.4 is 5.32 Å². The van der Waals surface area contributed by atoms with Crippen LogP contribution in [0.25, 0.3) is 0 Å². The number of hydrogen-bond donors (Lipinski definition) is 1. The van der Waals surface area contributed by atoms with Gasteiger partial charge in [-0.2, -0.15) is 0 Å². The zero-order chi connectivity index (χ0) is 15.1. The highest BCUT2D eigenvalue weighted by molar-refractivity contribution is 5.29. The molecule has 1 saturated carbocycles. The molecule has 21 heavy (non-hydrogen) atoms. The minimum Gasteiger partial charge on any atom is -0.310 e. The summed E-state index contributed by atoms with van der Waals surface area (Å²) < 4.78 is 13.6. The molecule has 1 aliphatic carbocycles. The van der Waals surface area contributed by atoms with Gasteiger partial charge in [-0.25, -0.2) is 4.39 Å². The molecule has 118 valence electrons. The van der Waals surface area contributed by atoms with E-state index in [9.17, 15) is 4.39 Å². The van der Waals surface area contributed by atoms with Crippen molar-refractivity contribution in [1.29, 1.82) is 0 Å². The molecule has 1 nitrogen and oxygen atoms in total. The molecule has 1 aliphatic rings. The lowest BCUT2D eigenvalue weighted by atomic mass is 9.84. The Labute approximate surface area is 129 Å². The smallest absolute Gasteiger partial charge is 0.123 e. The highest BCUT2D eigenvalue weighted by Gasteiger charge is 2.18. The van der Waals surface area contributed by atoms with Crippen LogP contribution in [0.3, 0.4) is 0 Å². The Morgan fingerprint density at radius 3 is 2.71 bits per heavy atom. The molecular formula is C19H30FN. The third-order valence-electron chi connectivity index (χ3n) is 4.85. The van der Waals surface area contributed by atoms with Crippen LogP contribution in [0.4, 0.5) is 4.39 Å². The van der Waals surface area contributed by atoms with Gasteiger partial charge in [-0.1, -0.05) is 45.1 Å². The fraction of sp³-hybridized carbons (Fsp3) is 0.684. The van der Waals surface area contributed by atoms with E-state index >= 15 is 0 Å². The molecule has 0 radical (unpaired) electrons. The van der Waals surface area contributed by atoms with Crippen LogP contribution in [0.15, 0.2) is 18.2 Å². The third kappa shape index (κ3) is 5.10. The molecule has 2 heteroatoms. The maximum absolute atomic E-state index is 13.6. The molecule has 0 bridgehead atoms. The van der Waals surface area contributed by atoms with Crippen molar-refractivity contribution < 1.29 is 4.39 Å². The van der Waals surface area contributed by atoms with Crippen molar-refractivity contribution in [3.8, 4) is 0 Å². The van der Waals surface area contributed by atoms with Crippen molar-refractivity contribution in [2.24, 2.45) is 5.92 Å². The molecule has 0 heterocycles. The van der Waals surface area contributed by atoms with E-state index in [1.807, 2.05) is 6.07 Å². The van der Waals surface area contributed by atoms with Crippen molar-refractivity contribution in [3.05, 3.63) is 35.1 Å². The van der Waals surface area contributed by atoms with Gasteiger partial charge in [-0.05, 0) is 61.9 Å². The first kappa shape index (κ1) is 16.5. The van der Waals surface area contributed by atoms with E-state index in [2.05, 4.69) is 19.2 Å². The summed E-state index contributed by atoms with van der Waals surface area (Å²) in [4.78, 5) is 0. The number of aryl methyl sites for hydroxylation is 1. The second kappa shape index (κ2) is 8.53. The number of rotatable bonds is 7. The van der Waals surface area contributed by atoms with Crippen LogP contribution in [0.2, 0.25) is 0 Å². The summed E-state index contributed by atoms with van der Waals surface area (Å²) in [6, 6.07) is 5.51. The molecule has 1 unspecified atom stereocenters. The van der Waals surface area contributed by atoms with Crippen molar-refractivity contribution in [1.82, 2.24) is 5.32 Å². The van der Waals surface area contributed by atoms with E-state index in [0.29, 0.717) is 6.04 Å². The standard InChI is InChI=1S/C19H30FN/c1-3-13-21-19(12-10-16-7-5-4-6-8-16)18-14-17(20)11-9-15(18)2/h9,11,14,16,19,21H,3-8,10,12-13H2,1-2H3. The second-order valence-electron chi connectivity index (χ2n) is 6.59. The van der Waals surface area contributed by atoms with Gasteiger partial charge in [0.1, 0.15) is 5.82 Å². The highest BCUT2D eigenvalue weighted by Crippen LogP contribution is 2.31.